The van der Waals surface area contributed by atoms with E-state index < -0.39 is 11.8 Å². The first-order chi connectivity index (χ1) is 8.97. The molecule has 0 atom stereocenters. The second kappa shape index (κ2) is 4.97. The number of nitrogen functional groups attached to an aromatic ring is 1. The van der Waals surface area contributed by atoms with E-state index in [1.54, 1.807) is 25.1 Å². The Balaban J connectivity index is 2.45. The molecule has 19 heavy (non-hydrogen) atoms. The molecule has 5 heteroatoms. The lowest BCUT2D eigenvalue weighted by Crippen LogP contribution is -2.06. The van der Waals surface area contributed by atoms with Gasteiger partial charge in [0.1, 0.15) is 5.82 Å². The van der Waals surface area contributed by atoms with E-state index >= 15 is 0 Å². The molecule has 4 N–H and O–H groups in total. The lowest BCUT2D eigenvalue weighted by Gasteiger charge is -2.13. The van der Waals surface area contributed by atoms with E-state index in [0.29, 0.717) is 11.4 Å². The van der Waals surface area contributed by atoms with Crippen molar-refractivity contribution in [3.05, 3.63) is 53.3 Å². The van der Waals surface area contributed by atoms with Gasteiger partial charge < -0.3 is 16.2 Å². The Morgan fingerprint density at radius 1 is 1.32 bits per heavy atom. The molecule has 98 valence electrons. The zero-order chi connectivity index (χ0) is 14.0. The molecule has 0 saturated heterocycles. The minimum absolute atomic E-state index is 0.0434. The van der Waals surface area contributed by atoms with Gasteiger partial charge in [0.15, 0.2) is 0 Å². The highest BCUT2D eigenvalue weighted by Gasteiger charge is 2.13. The zero-order valence-corrected chi connectivity index (χ0v) is 10.3. The fourth-order valence-corrected chi connectivity index (χ4v) is 1.84. The van der Waals surface area contributed by atoms with Gasteiger partial charge in [-0.05, 0) is 42.8 Å². The summed E-state index contributed by atoms with van der Waals surface area (Å²) in [6.07, 6.45) is 0. The number of anilines is 3. The number of aryl methyl sites for hydroxylation is 1. The number of aromatic carboxylic acids is 1. The van der Waals surface area contributed by atoms with E-state index in [1.807, 2.05) is 0 Å². The molecular formula is C14H13FN2O2. The van der Waals surface area contributed by atoms with E-state index in [9.17, 15) is 9.18 Å². The number of carbonyl (C=O) groups is 1. The number of nitrogens with one attached hydrogen (secondary N) is 1. The lowest BCUT2D eigenvalue weighted by molar-refractivity contribution is 0.0698. The van der Waals surface area contributed by atoms with Crippen molar-refractivity contribution >= 4 is 23.0 Å². The van der Waals surface area contributed by atoms with Crippen LogP contribution in [0.5, 0.6) is 0 Å². The van der Waals surface area contributed by atoms with E-state index in [4.69, 9.17) is 10.8 Å². The topological polar surface area (TPSA) is 75.3 Å². The van der Waals surface area contributed by atoms with E-state index in [0.717, 1.165) is 5.56 Å². The van der Waals surface area contributed by atoms with Gasteiger partial charge in [0.25, 0.3) is 0 Å². The Kier molecular flexibility index (Phi) is 3.37. The van der Waals surface area contributed by atoms with Crippen LogP contribution >= 0.6 is 0 Å². The Labute approximate surface area is 109 Å². The second-order valence-electron chi connectivity index (χ2n) is 4.22. The Morgan fingerprint density at radius 2 is 2.05 bits per heavy atom. The summed E-state index contributed by atoms with van der Waals surface area (Å²) < 4.78 is 13.3. The summed E-state index contributed by atoms with van der Waals surface area (Å²) in [5.41, 5.74) is 7.55. The van der Waals surface area contributed by atoms with Gasteiger partial charge in [0, 0.05) is 5.69 Å². The molecule has 2 aromatic carbocycles. The Bertz CT molecular complexity index is 621. The molecule has 0 saturated carbocycles. The fourth-order valence-electron chi connectivity index (χ4n) is 1.84. The Morgan fingerprint density at radius 3 is 2.68 bits per heavy atom. The summed E-state index contributed by atoms with van der Waals surface area (Å²) in [5, 5.41) is 12.0. The molecule has 0 aliphatic heterocycles. The highest BCUT2D eigenvalue weighted by Crippen LogP contribution is 2.28. The van der Waals surface area contributed by atoms with Gasteiger partial charge in [-0.1, -0.05) is 6.07 Å². The maximum atomic E-state index is 13.3. The summed E-state index contributed by atoms with van der Waals surface area (Å²) in [4.78, 5) is 11.1. The number of hydrogen-bond donors (Lipinski definition) is 3. The maximum Gasteiger partial charge on any atom is 0.337 e. The number of hydrogen-bond acceptors (Lipinski definition) is 3. The standard InChI is InChI=1S/C14H13FN2O2/c1-8-5-9(15)7-10(6-8)17-13-11(14(18)19)3-2-4-12(13)16/h2-7,17H,16H2,1H3,(H,18,19). The van der Waals surface area contributed by atoms with Crippen molar-refractivity contribution in [1.29, 1.82) is 0 Å². The van der Waals surface area contributed by atoms with Crippen LogP contribution in [0.1, 0.15) is 15.9 Å². The summed E-state index contributed by atoms with van der Waals surface area (Å²) in [6.45, 7) is 1.75. The summed E-state index contributed by atoms with van der Waals surface area (Å²) in [7, 11) is 0. The van der Waals surface area contributed by atoms with Crippen molar-refractivity contribution in [2.24, 2.45) is 0 Å². The first kappa shape index (κ1) is 12.9. The van der Waals surface area contributed by atoms with Crippen LogP contribution in [0.25, 0.3) is 0 Å². The lowest BCUT2D eigenvalue weighted by atomic mass is 10.1. The van der Waals surface area contributed by atoms with Crippen molar-refractivity contribution in [2.45, 2.75) is 6.92 Å². The van der Waals surface area contributed by atoms with Crippen LogP contribution in [-0.4, -0.2) is 11.1 Å². The van der Waals surface area contributed by atoms with Gasteiger partial charge in [-0.3, -0.25) is 0 Å². The third-order valence-corrected chi connectivity index (χ3v) is 2.64. The molecule has 0 bridgehead atoms. The minimum atomic E-state index is -1.09. The molecule has 4 nitrogen and oxygen atoms in total. The van der Waals surface area contributed by atoms with Gasteiger partial charge in [-0.2, -0.15) is 0 Å². The molecule has 2 aromatic rings. The van der Waals surface area contributed by atoms with Crippen LogP contribution < -0.4 is 11.1 Å². The van der Waals surface area contributed by atoms with Crippen LogP contribution in [0.2, 0.25) is 0 Å². The van der Waals surface area contributed by atoms with Gasteiger partial charge in [-0.25, -0.2) is 9.18 Å². The number of nitrogens with two attached hydrogens (primary N) is 1. The fraction of sp³-hybridized carbons (Fsp3) is 0.0714. The monoisotopic (exact) mass is 260 g/mol. The molecule has 0 aliphatic carbocycles. The number of carboxylic acid groups (broad SMARTS) is 1. The molecule has 0 radical (unpaired) electrons. The highest BCUT2D eigenvalue weighted by atomic mass is 19.1. The third kappa shape index (κ3) is 2.82. The number of para-hydroxylation sites is 1. The predicted octanol–water partition coefficient (Wildman–Crippen LogP) is 3.16. The number of benzene rings is 2. The molecule has 0 aliphatic rings. The number of carboxylic acids is 1. The van der Waals surface area contributed by atoms with Gasteiger partial charge in [0.2, 0.25) is 0 Å². The molecule has 2 rings (SSSR count). The SMILES string of the molecule is Cc1cc(F)cc(Nc2c(N)cccc2C(=O)O)c1. The van der Waals surface area contributed by atoms with E-state index in [1.165, 1.54) is 18.2 Å². The highest BCUT2D eigenvalue weighted by molar-refractivity contribution is 5.98. The molecule has 0 aromatic heterocycles. The molecule has 0 amide bonds. The summed E-state index contributed by atoms with van der Waals surface area (Å²) >= 11 is 0. The predicted molar refractivity (Wildman–Crippen MR) is 72.2 cm³/mol. The van der Waals surface area contributed by atoms with Crippen molar-refractivity contribution in [3.8, 4) is 0 Å². The average Bonchev–Trinajstić information content (AvgIpc) is 2.30. The normalized spacial score (nSPS) is 10.2. The van der Waals surface area contributed by atoms with Crippen LogP contribution in [0.4, 0.5) is 21.5 Å². The largest absolute Gasteiger partial charge is 0.478 e. The molecule has 0 fully saturated rings. The number of halogens is 1. The Hall–Kier alpha value is -2.56. The van der Waals surface area contributed by atoms with Gasteiger partial charge in [-0.15, -0.1) is 0 Å². The zero-order valence-electron chi connectivity index (χ0n) is 10.3. The van der Waals surface area contributed by atoms with Gasteiger partial charge >= 0.3 is 5.97 Å². The molecule has 0 heterocycles. The van der Waals surface area contributed by atoms with Crippen LogP contribution in [0.15, 0.2) is 36.4 Å². The first-order valence-corrected chi connectivity index (χ1v) is 5.63. The van der Waals surface area contributed by atoms with Crippen LogP contribution in [0.3, 0.4) is 0 Å². The summed E-state index contributed by atoms with van der Waals surface area (Å²) in [6, 6.07) is 8.96. The summed E-state index contributed by atoms with van der Waals surface area (Å²) in [5.74, 6) is -1.49. The first-order valence-electron chi connectivity index (χ1n) is 5.63. The molecule has 0 unspecified atom stereocenters. The van der Waals surface area contributed by atoms with E-state index in [-0.39, 0.29) is 11.3 Å². The molecular weight excluding hydrogens is 247 g/mol. The average molecular weight is 260 g/mol. The minimum Gasteiger partial charge on any atom is -0.478 e. The van der Waals surface area contributed by atoms with Gasteiger partial charge in [0.05, 0.1) is 16.9 Å². The van der Waals surface area contributed by atoms with Crippen LogP contribution in [0, 0.1) is 12.7 Å². The maximum absolute atomic E-state index is 13.3. The van der Waals surface area contributed by atoms with E-state index in [2.05, 4.69) is 5.32 Å². The molecule has 0 spiro atoms. The quantitative estimate of drug-likeness (QED) is 0.741. The van der Waals surface area contributed by atoms with Crippen molar-refractivity contribution in [1.82, 2.24) is 0 Å². The van der Waals surface area contributed by atoms with Crippen molar-refractivity contribution < 1.29 is 14.3 Å². The number of rotatable bonds is 3. The second-order valence-corrected chi connectivity index (χ2v) is 4.22. The van der Waals surface area contributed by atoms with Crippen molar-refractivity contribution in [2.75, 3.05) is 11.1 Å². The third-order valence-electron chi connectivity index (χ3n) is 2.64. The van der Waals surface area contributed by atoms with Crippen LogP contribution in [-0.2, 0) is 0 Å². The smallest absolute Gasteiger partial charge is 0.337 e. The van der Waals surface area contributed by atoms with Crippen molar-refractivity contribution in [3.63, 3.8) is 0 Å².